The summed E-state index contributed by atoms with van der Waals surface area (Å²) >= 11 is 11.8. The van der Waals surface area contributed by atoms with Crippen LogP contribution < -0.4 is 0 Å². The second kappa shape index (κ2) is 9.31. The molecule has 2 aliphatic heterocycles. The molecule has 2 aromatic carbocycles. The van der Waals surface area contributed by atoms with Crippen molar-refractivity contribution in [2.75, 3.05) is 26.2 Å². The molecule has 1 N–H and O–H groups in total. The van der Waals surface area contributed by atoms with Gasteiger partial charge in [-0.25, -0.2) is 8.42 Å². The lowest BCUT2D eigenvalue weighted by Crippen LogP contribution is -2.49. The highest BCUT2D eigenvalue weighted by Crippen LogP contribution is 2.35. The van der Waals surface area contributed by atoms with Gasteiger partial charge in [0.15, 0.2) is 0 Å². The van der Waals surface area contributed by atoms with Gasteiger partial charge in [-0.1, -0.05) is 35.3 Å². The third-order valence-corrected chi connectivity index (χ3v) is 8.96. The Morgan fingerprint density at radius 2 is 1.38 bits per heavy atom. The lowest BCUT2D eigenvalue weighted by molar-refractivity contribution is -0.141. The molecule has 0 atom stereocenters. The first-order valence-electron chi connectivity index (χ1n) is 10.7. The van der Waals surface area contributed by atoms with Gasteiger partial charge in [0.1, 0.15) is 0 Å². The Kier molecular flexibility index (Phi) is 6.84. The zero-order chi connectivity index (χ0) is 22.9. The standard InChI is InChI=1S/C23H26Cl2N2O4S/c24-19-3-1-18(2-4-19)23(29)11-15-26(16-12-23)22(28)17-9-13-27(14-10-17)32(30,31)21-7-5-20(25)6-8-21/h1-8,17,29H,9-16H2. The van der Waals surface area contributed by atoms with E-state index in [2.05, 4.69) is 0 Å². The molecular weight excluding hydrogens is 471 g/mol. The van der Waals surface area contributed by atoms with Crippen LogP contribution in [0, 0.1) is 5.92 Å². The van der Waals surface area contributed by atoms with E-state index in [0.717, 1.165) is 5.56 Å². The van der Waals surface area contributed by atoms with E-state index in [1.54, 1.807) is 29.2 Å². The van der Waals surface area contributed by atoms with E-state index in [4.69, 9.17) is 23.2 Å². The van der Waals surface area contributed by atoms with E-state index in [1.807, 2.05) is 12.1 Å². The molecule has 2 aromatic rings. The Morgan fingerprint density at radius 1 is 0.875 bits per heavy atom. The fraction of sp³-hybridized carbons (Fsp3) is 0.435. The van der Waals surface area contributed by atoms with Crippen molar-refractivity contribution in [2.45, 2.75) is 36.2 Å². The summed E-state index contributed by atoms with van der Waals surface area (Å²) in [5, 5.41) is 12.1. The van der Waals surface area contributed by atoms with Crippen molar-refractivity contribution in [3.63, 3.8) is 0 Å². The highest BCUT2D eigenvalue weighted by atomic mass is 35.5. The van der Waals surface area contributed by atoms with E-state index in [-0.39, 0.29) is 16.7 Å². The SMILES string of the molecule is O=C(C1CCN(S(=O)(=O)c2ccc(Cl)cc2)CC1)N1CCC(O)(c2ccc(Cl)cc2)CC1. The Balaban J connectivity index is 1.33. The third-order valence-electron chi connectivity index (χ3n) is 6.54. The van der Waals surface area contributed by atoms with Crippen molar-refractivity contribution in [3.8, 4) is 0 Å². The van der Waals surface area contributed by atoms with Crippen LogP contribution in [-0.2, 0) is 20.4 Å². The van der Waals surface area contributed by atoms with Crippen LogP contribution in [0.5, 0.6) is 0 Å². The molecule has 0 unspecified atom stereocenters. The number of benzene rings is 2. The minimum absolute atomic E-state index is 0.0479. The predicted molar refractivity (Wildman–Crippen MR) is 124 cm³/mol. The molecule has 2 heterocycles. The number of carbonyl (C=O) groups excluding carboxylic acids is 1. The van der Waals surface area contributed by atoms with Crippen LogP contribution in [-0.4, -0.2) is 54.8 Å². The second-order valence-electron chi connectivity index (χ2n) is 8.50. The number of likely N-dealkylation sites (tertiary alicyclic amines) is 1. The Morgan fingerprint density at radius 3 is 1.91 bits per heavy atom. The number of nitrogens with zero attached hydrogens (tertiary/aromatic N) is 2. The molecule has 0 aromatic heterocycles. The van der Waals surface area contributed by atoms with Crippen molar-refractivity contribution in [3.05, 3.63) is 64.1 Å². The van der Waals surface area contributed by atoms with Gasteiger partial charge in [0.2, 0.25) is 15.9 Å². The maximum atomic E-state index is 13.1. The van der Waals surface area contributed by atoms with Crippen molar-refractivity contribution in [2.24, 2.45) is 5.92 Å². The summed E-state index contributed by atoms with van der Waals surface area (Å²) < 4.78 is 27.2. The molecular formula is C23H26Cl2N2O4S. The minimum Gasteiger partial charge on any atom is -0.385 e. The monoisotopic (exact) mass is 496 g/mol. The van der Waals surface area contributed by atoms with E-state index in [9.17, 15) is 18.3 Å². The average molecular weight is 497 g/mol. The number of amides is 1. The van der Waals surface area contributed by atoms with Crippen molar-refractivity contribution < 1.29 is 18.3 Å². The molecule has 0 aliphatic carbocycles. The van der Waals surface area contributed by atoms with Gasteiger partial charge in [-0.3, -0.25) is 4.79 Å². The number of aliphatic hydroxyl groups is 1. The minimum atomic E-state index is -3.59. The number of halogens is 2. The molecule has 2 fully saturated rings. The van der Waals surface area contributed by atoms with Crippen LogP contribution in [0.4, 0.5) is 0 Å². The van der Waals surface area contributed by atoms with Crippen molar-refractivity contribution >= 4 is 39.1 Å². The van der Waals surface area contributed by atoms with Crippen LogP contribution in [0.2, 0.25) is 10.0 Å². The first-order valence-corrected chi connectivity index (χ1v) is 12.9. The summed E-state index contributed by atoms with van der Waals surface area (Å²) in [6.07, 6.45) is 1.90. The number of piperidine rings is 2. The summed E-state index contributed by atoms with van der Waals surface area (Å²) in [6.45, 7) is 1.57. The largest absolute Gasteiger partial charge is 0.385 e. The number of sulfonamides is 1. The summed E-state index contributed by atoms with van der Waals surface area (Å²) in [6, 6.07) is 13.3. The van der Waals surface area contributed by atoms with Crippen LogP contribution in [0.25, 0.3) is 0 Å². The topological polar surface area (TPSA) is 77.9 Å². The lowest BCUT2D eigenvalue weighted by Gasteiger charge is -2.40. The van der Waals surface area contributed by atoms with Gasteiger partial charge < -0.3 is 10.0 Å². The summed E-state index contributed by atoms with van der Waals surface area (Å²) in [4.78, 5) is 15.1. The second-order valence-corrected chi connectivity index (χ2v) is 11.3. The third kappa shape index (κ3) is 4.82. The zero-order valence-electron chi connectivity index (χ0n) is 17.6. The van der Waals surface area contributed by atoms with E-state index in [0.29, 0.717) is 61.9 Å². The summed E-state index contributed by atoms with van der Waals surface area (Å²) in [5.41, 5.74) is -0.146. The van der Waals surface area contributed by atoms with Gasteiger partial charge in [0, 0.05) is 42.1 Å². The maximum Gasteiger partial charge on any atom is 0.243 e. The molecule has 2 aliphatic rings. The molecule has 0 radical (unpaired) electrons. The van der Waals surface area contributed by atoms with Crippen LogP contribution in [0.1, 0.15) is 31.2 Å². The maximum absolute atomic E-state index is 13.1. The molecule has 6 nitrogen and oxygen atoms in total. The van der Waals surface area contributed by atoms with Crippen molar-refractivity contribution in [1.82, 2.24) is 9.21 Å². The van der Waals surface area contributed by atoms with Gasteiger partial charge in [0.25, 0.3) is 0 Å². The molecule has 1 amide bonds. The van der Waals surface area contributed by atoms with Gasteiger partial charge in [-0.05, 0) is 67.6 Å². The smallest absolute Gasteiger partial charge is 0.243 e. The van der Waals surface area contributed by atoms with Crippen LogP contribution in [0.3, 0.4) is 0 Å². The number of carbonyl (C=O) groups is 1. The molecule has 2 saturated heterocycles. The molecule has 0 bridgehead atoms. The summed E-state index contributed by atoms with van der Waals surface area (Å²) in [5.74, 6) is -0.153. The van der Waals surface area contributed by atoms with Gasteiger partial charge in [-0.2, -0.15) is 4.31 Å². The van der Waals surface area contributed by atoms with Crippen LogP contribution >= 0.6 is 23.2 Å². The van der Waals surface area contributed by atoms with Gasteiger partial charge in [-0.15, -0.1) is 0 Å². The lowest BCUT2D eigenvalue weighted by atomic mass is 9.84. The molecule has 32 heavy (non-hydrogen) atoms. The molecule has 0 spiro atoms. The summed E-state index contributed by atoms with van der Waals surface area (Å²) in [7, 11) is -3.59. The van der Waals surface area contributed by atoms with E-state index in [1.165, 1.54) is 16.4 Å². The Labute approximate surface area is 198 Å². The van der Waals surface area contributed by atoms with Gasteiger partial charge >= 0.3 is 0 Å². The number of hydrogen-bond donors (Lipinski definition) is 1. The first kappa shape index (κ1) is 23.5. The average Bonchev–Trinajstić information content (AvgIpc) is 2.80. The number of rotatable bonds is 4. The molecule has 172 valence electrons. The Hall–Kier alpha value is -1.64. The van der Waals surface area contributed by atoms with Crippen LogP contribution in [0.15, 0.2) is 53.4 Å². The molecule has 0 saturated carbocycles. The highest BCUT2D eigenvalue weighted by molar-refractivity contribution is 7.89. The Bertz CT molecular complexity index is 1060. The zero-order valence-corrected chi connectivity index (χ0v) is 19.9. The predicted octanol–water partition coefficient (Wildman–Crippen LogP) is 3.90. The van der Waals surface area contributed by atoms with E-state index < -0.39 is 15.6 Å². The number of hydrogen-bond acceptors (Lipinski definition) is 4. The van der Waals surface area contributed by atoms with Gasteiger partial charge in [0.05, 0.1) is 10.5 Å². The normalized spacial score (nSPS) is 20.3. The quantitative estimate of drug-likeness (QED) is 0.695. The van der Waals surface area contributed by atoms with E-state index >= 15 is 0 Å². The molecule has 9 heteroatoms. The van der Waals surface area contributed by atoms with Crippen molar-refractivity contribution in [1.29, 1.82) is 0 Å². The first-order chi connectivity index (χ1) is 15.2. The highest BCUT2D eigenvalue weighted by Gasteiger charge is 2.38. The fourth-order valence-corrected chi connectivity index (χ4v) is 6.22. The fourth-order valence-electron chi connectivity index (χ4n) is 4.50. The molecule has 4 rings (SSSR count).